The van der Waals surface area contributed by atoms with Crippen LogP contribution in [0.15, 0.2) is 108 Å². The summed E-state index contributed by atoms with van der Waals surface area (Å²) in [6.07, 6.45) is 1.77. The summed E-state index contributed by atoms with van der Waals surface area (Å²) in [7, 11) is -0.940. The van der Waals surface area contributed by atoms with Gasteiger partial charge in [0, 0.05) is 29.4 Å². The Morgan fingerprint density at radius 2 is 1.59 bits per heavy atom. The third-order valence-electron chi connectivity index (χ3n) is 6.92. The van der Waals surface area contributed by atoms with E-state index in [0.717, 1.165) is 21.0 Å². The highest BCUT2D eigenvalue weighted by atomic mass is 35.5. The SMILES string of the molecule is COc1ccc(-n2cc(-c3ccc(Cl)cc3)nc2NC(=O)CN(Cc2ccccc2)S(=O)(=O)c2ccc(C)cc2)cc1OC. The number of carbonyl (C=O) groups excluding carboxylic acids is 1. The molecule has 1 N–H and O–H groups in total. The first-order valence-electron chi connectivity index (χ1n) is 13.7. The molecule has 1 amide bonds. The van der Waals surface area contributed by atoms with Crippen molar-refractivity contribution in [3.05, 3.63) is 119 Å². The number of sulfonamides is 1. The monoisotopic (exact) mass is 630 g/mol. The first kappa shape index (κ1) is 30.8. The number of anilines is 1. The molecule has 0 radical (unpaired) electrons. The molecule has 0 atom stereocenters. The van der Waals surface area contributed by atoms with Gasteiger partial charge in [-0.2, -0.15) is 4.31 Å². The van der Waals surface area contributed by atoms with Crippen molar-refractivity contribution in [1.82, 2.24) is 13.9 Å². The van der Waals surface area contributed by atoms with Crippen LogP contribution in [0.1, 0.15) is 11.1 Å². The van der Waals surface area contributed by atoms with E-state index in [4.69, 9.17) is 26.1 Å². The topological polar surface area (TPSA) is 103 Å². The number of imidazole rings is 1. The van der Waals surface area contributed by atoms with E-state index in [1.165, 1.54) is 7.11 Å². The van der Waals surface area contributed by atoms with E-state index in [0.29, 0.717) is 27.9 Å². The number of hydrogen-bond donors (Lipinski definition) is 1. The number of carbonyl (C=O) groups is 1. The highest BCUT2D eigenvalue weighted by Crippen LogP contribution is 2.32. The Hall–Kier alpha value is -4.64. The molecule has 226 valence electrons. The van der Waals surface area contributed by atoms with Gasteiger partial charge in [-0.05, 0) is 48.9 Å². The fourth-order valence-electron chi connectivity index (χ4n) is 4.60. The predicted molar refractivity (Wildman–Crippen MR) is 171 cm³/mol. The van der Waals surface area contributed by atoms with E-state index in [1.807, 2.05) is 49.4 Å². The minimum absolute atomic E-state index is 0.00458. The van der Waals surface area contributed by atoms with Crippen molar-refractivity contribution >= 4 is 33.5 Å². The van der Waals surface area contributed by atoms with Crippen molar-refractivity contribution in [2.45, 2.75) is 18.4 Å². The van der Waals surface area contributed by atoms with E-state index < -0.39 is 22.5 Å². The number of aromatic nitrogens is 2. The minimum atomic E-state index is -4.02. The fraction of sp³-hybridized carbons (Fsp3) is 0.152. The summed E-state index contributed by atoms with van der Waals surface area (Å²) in [6.45, 7) is 1.44. The Morgan fingerprint density at radius 3 is 2.25 bits per heavy atom. The highest BCUT2D eigenvalue weighted by molar-refractivity contribution is 7.89. The molecule has 0 unspecified atom stereocenters. The highest BCUT2D eigenvalue weighted by Gasteiger charge is 2.28. The molecule has 0 aliphatic heterocycles. The summed E-state index contributed by atoms with van der Waals surface area (Å²) in [5, 5.41) is 3.41. The van der Waals surface area contributed by atoms with Crippen molar-refractivity contribution in [3.63, 3.8) is 0 Å². The first-order chi connectivity index (χ1) is 21.2. The van der Waals surface area contributed by atoms with Gasteiger partial charge in [0.05, 0.1) is 37.0 Å². The molecule has 0 bridgehead atoms. The number of nitrogens with zero attached hydrogens (tertiary/aromatic N) is 3. The van der Waals surface area contributed by atoms with Gasteiger partial charge < -0.3 is 9.47 Å². The van der Waals surface area contributed by atoms with Gasteiger partial charge in [-0.3, -0.25) is 14.7 Å². The van der Waals surface area contributed by atoms with Crippen LogP contribution in [0, 0.1) is 6.92 Å². The van der Waals surface area contributed by atoms with Crippen LogP contribution in [-0.2, 0) is 21.4 Å². The Bertz CT molecular complexity index is 1860. The Morgan fingerprint density at radius 1 is 0.909 bits per heavy atom. The normalized spacial score (nSPS) is 11.4. The van der Waals surface area contributed by atoms with Gasteiger partial charge >= 0.3 is 0 Å². The van der Waals surface area contributed by atoms with Gasteiger partial charge in [-0.25, -0.2) is 13.4 Å². The maximum absolute atomic E-state index is 13.8. The summed E-state index contributed by atoms with van der Waals surface area (Å²) in [6, 6.07) is 28.1. The summed E-state index contributed by atoms with van der Waals surface area (Å²) in [5.41, 5.74) is 3.65. The Kier molecular flexibility index (Phi) is 9.34. The largest absolute Gasteiger partial charge is 0.493 e. The summed E-state index contributed by atoms with van der Waals surface area (Å²) in [5.74, 6) is 0.658. The number of rotatable bonds is 11. The zero-order valence-electron chi connectivity index (χ0n) is 24.4. The Balaban J connectivity index is 1.50. The second-order valence-electron chi connectivity index (χ2n) is 9.99. The van der Waals surface area contributed by atoms with Gasteiger partial charge in [0.25, 0.3) is 0 Å². The molecule has 1 heterocycles. The quantitative estimate of drug-likeness (QED) is 0.183. The third-order valence-corrected chi connectivity index (χ3v) is 8.98. The zero-order chi connectivity index (χ0) is 31.3. The fourth-order valence-corrected chi connectivity index (χ4v) is 6.11. The molecular formula is C33H31ClN4O5S. The lowest BCUT2D eigenvalue weighted by molar-refractivity contribution is -0.116. The van der Waals surface area contributed by atoms with Crippen LogP contribution in [0.4, 0.5) is 5.95 Å². The van der Waals surface area contributed by atoms with Gasteiger partial charge in [0.2, 0.25) is 21.9 Å². The van der Waals surface area contributed by atoms with Crippen LogP contribution in [0.2, 0.25) is 5.02 Å². The van der Waals surface area contributed by atoms with Crippen molar-refractivity contribution in [3.8, 4) is 28.4 Å². The number of methoxy groups -OCH3 is 2. The third kappa shape index (κ3) is 6.94. The maximum atomic E-state index is 13.8. The standard InChI is InChI=1S/C33H31ClN4O5S/c1-23-9-16-28(17-10-23)44(40,41)37(20-24-7-5-4-6-8-24)22-32(39)36-33-35-29(25-11-13-26(34)14-12-25)21-38(33)27-15-18-30(42-2)31(19-27)43-3/h4-19,21H,20,22H2,1-3H3,(H,35,36,39). The van der Waals surface area contributed by atoms with E-state index in [9.17, 15) is 13.2 Å². The summed E-state index contributed by atoms with van der Waals surface area (Å²) < 4.78 is 41.2. The molecule has 11 heteroatoms. The molecule has 0 saturated heterocycles. The van der Waals surface area contributed by atoms with Gasteiger partial charge in [0.15, 0.2) is 11.5 Å². The average molecular weight is 631 g/mol. The van der Waals surface area contributed by atoms with Crippen molar-refractivity contribution in [2.24, 2.45) is 0 Å². The zero-order valence-corrected chi connectivity index (χ0v) is 26.0. The average Bonchev–Trinajstić information content (AvgIpc) is 3.44. The van der Waals surface area contributed by atoms with E-state index in [-0.39, 0.29) is 17.4 Å². The number of aryl methyl sites for hydroxylation is 1. The molecule has 9 nitrogen and oxygen atoms in total. The lowest BCUT2D eigenvalue weighted by Crippen LogP contribution is -2.38. The van der Waals surface area contributed by atoms with Gasteiger partial charge in [-0.15, -0.1) is 0 Å². The molecule has 4 aromatic carbocycles. The Labute approximate surface area is 261 Å². The van der Waals surface area contributed by atoms with Gasteiger partial charge in [0.1, 0.15) is 0 Å². The van der Waals surface area contributed by atoms with Crippen molar-refractivity contribution in [2.75, 3.05) is 26.1 Å². The van der Waals surface area contributed by atoms with Crippen molar-refractivity contribution < 1.29 is 22.7 Å². The van der Waals surface area contributed by atoms with Crippen LogP contribution in [-0.4, -0.2) is 48.9 Å². The van der Waals surface area contributed by atoms with E-state index >= 15 is 0 Å². The number of ether oxygens (including phenoxy) is 2. The first-order valence-corrected chi connectivity index (χ1v) is 15.5. The molecule has 5 rings (SSSR count). The molecule has 0 spiro atoms. The number of benzene rings is 4. The number of amides is 1. The molecule has 0 aliphatic rings. The summed E-state index contributed by atoms with van der Waals surface area (Å²) in [4.78, 5) is 18.4. The lowest BCUT2D eigenvalue weighted by Gasteiger charge is -2.22. The molecule has 0 aliphatic carbocycles. The molecule has 0 saturated carbocycles. The van der Waals surface area contributed by atoms with Crippen LogP contribution in [0.5, 0.6) is 11.5 Å². The molecule has 44 heavy (non-hydrogen) atoms. The predicted octanol–water partition coefficient (Wildman–Crippen LogP) is 6.35. The van der Waals surface area contributed by atoms with Crippen LogP contribution >= 0.6 is 11.6 Å². The van der Waals surface area contributed by atoms with Crippen LogP contribution < -0.4 is 14.8 Å². The molecule has 5 aromatic rings. The molecular weight excluding hydrogens is 600 g/mol. The van der Waals surface area contributed by atoms with Gasteiger partial charge in [-0.1, -0.05) is 71.8 Å². The molecule has 0 fully saturated rings. The molecule has 1 aromatic heterocycles. The number of hydrogen-bond acceptors (Lipinski definition) is 6. The van der Waals surface area contributed by atoms with Crippen molar-refractivity contribution in [1.29, 1.82) is 0 Å². The second-order valence-corrected chi connectivity index (χ2v) is 12.4. The van der Waals surface area contributed by atoms with E-state index in [1.54, 1.807) is 72.5 Å². The maximum Gasteiger partial charge on any atom is 0.243 e. The second kappa shape index (κ2) is 13.3. The van der Waals surface area contributed by atoms with E-state index in [2.05, 4.69) is 5.32 Å². The number of nitrogens with one attached hydrogen (secondary N) is 1. The lowest BCUT2D eigenvalue weighted by atomic mass is 10.2. The summed E-state index contributed by atoms with van der Waals surface area (Å²) >= 11 is 6.10. The smallest absolute Gasteiger partial charge is 0.243 e. The van der Waals surface area contributed by atoms with Crippen LogP contribution in [0.3, 0.4) is 0 Å². The van der Waals surface area contributed by atoms with Crippen LogP contribution in [0.25, 0.3) is 16.9 Å². The minimum Gasteiger partial charge on any atom is -0.493 e. The number of halogens is 1.